The Bertz CT molecular complexity index is 654. The van der Waals surface area contributed by atoms with Gasteiger partial charge in [-0.3, -0.25) is 9.59 Å². The second-order valence-corrected chi connectivity index (χ2v) is 8.21. The van der Waals surface area contributed by atoms with Crippen molar-refractivity contribution in [2.75, 3.05) is 0 Å². The van der Waals surface area contributed by atoms with Crippen LogP contribution in [0.1, 0.15) is 69.3 Å². The highest BCUT2D eigenvalue weighted by atomic mass is 16.4. The van der Waals surface area contributed by atoms with E-state index in [9.17, 15) is 9.59 Å². The molecular formula is C20H27NO4. The second-order valence-electron chi connectivity index (χ2n) is 8.21. The molecular weight excluding hydrogens is 318 g/mol. The summed E-state index contributed by atoms with van der Waals surface area (Å²) in [6, 6.07) is 4.43. The number of amides is 1. The Hall–Kier alpha value is -1.78. The Morgan fingerprint density at radius 1 is 1.12 bits per heavy atom. The SMILES string of the molecule is C[C@H]1C[C@@H]1c1ccc(CN(C(=O)C2CCC(C(=O)O)CC2)C2CC2)o1. The van der Waals surface area contributed by atoms with Crippen LogP contribution in [0.3, 0.4) is 0 Å². The number of aliphatic carboxylic acids is 1. The molecule has 1 N–H and O–H groups in total. The van der Waals surface area contributed by atoms with Gasteiger partial charge in [-0.15, -0.1) is 0 Å². The van der Waals surface area contributed by atoms with Crippen LogP contribution < -0.4 is 0 Å². The van der Waals surface area contributed by atoms with Crippen molar-refractivity contribution in [2.24, 2.45) is 17.8 Å². The molecule has 5 nitrogen and oxygen atoms in total. The van der Waals surface area contributed by atoms with Crippen LogP contribution >= 0.6 is 0 Å². The van der Waals surface area contributed by atoms with Gasteiger partial charge >= 0.3 is 5.97 Å². The van der Waals surface area contributed by atoms with Crippen LogP contribution in [0, 0.1) is 17.8 Å². The first-order valence-corrected chi connectivity index (χ1v) is 9.65. The zero-order chi connectivity index (χ0) is 17.6. The number of hydrogen-bond acceptors (Lipinski definition) is 3. The molecule has 0 aliphatic heterocycles. The molecule has 0 radical (unpaired) electrons. The molecule has 0 saturated heterocycles. The maximum atomic E-state index is 13.0. The van der Waals surface area contributed by atoms with E-state index >= 15 is 0 Å². The molecule has 3 saturated carbocycles. The molecule has 1 heterocycles. The molecule has 0 aromatic carbocycles. The van der Waals surface area contributed by atoms with Crippen molar-refractivity contribution in [1.29, 1.82) is 0 Å². The molecule has 4 rings (SSSR count). The van der Waals surface area contributed by atoms with Crippen LogP contribution in [-0.2, 0) is 16.1 Å². The van der Waals surface area contributed by atoms with Crippen molar-refractivity contribution in [1.82, 2.24) is 4.90 Å². The molecule has 1 aromatic heterocycles. The summed E-state index contributed by atoms with van der Waals surface area (Å²) < 4.78 is 6.00. The van der Waals surface area contributed by atoms with Crippen molar-refractivity contribution >= 4 is 11.9 Å². The smallest absolute Gasteiger partial charge is 0.306 e. The van der Waals surface area contributed by atoms with Crippen molar-refractivity contribution in [3.63, 3.8) is 0 Å². The topological polar surface area (TPSA) is 70.8 Å². The van der Waals surface area contributed by atoms with Crippen LogP contribution in [-0.4, -0.2) is 27.9 Å². The van der Waals surface area contributed by atoms with Crippen molar-refractivity contribution in [3.05, 3.63) is 23.7 Å². The number of carbonyl (C=O) groups excluding carboxylic acids is 1. The summed E-state index contributed by atoms with van der Waals surface area (Å²) in [4.78, 5) is 26.1. The Morgan fingerprint density at radius 3 is 2.32 bits per heavy atom. The summed E-state index contributed by atoms with van der Waals surface area (Å²) >= 11 is 0. The zero-order valence-electron chi connectivity index (χ0n) is 14.8. The van der Waals surface area contributed by atoms with Crippen molar-refractivity contribution in [3.8, 4) is 0 Å². The number of rotatable bonds is 6. The summed E-state index contributed by atoms with van der Waals surface area (Å²) in [6.45, 7) is 2.80. The number of hydrogen-bond donors (Lipinski definition) is 1. The molecule has 0 spiro atoms. The molecule has 0 unspecified atom stereocenters. The van der Waals surface area contributed by atoms with E-state index in [4.69, 9.17) is 9.52 Å². The maximum Gasteiger partial charge on any atom is 0.306 e. The molecule has 3 aliphatic rings. The quantitative estimate of drug-likeness (QED) is 0.851. The van der Waals surface area contributed by atoms with Crippen LogP contribution in [0.25, 0.3) is 0 Å². The third-order valence-corrected chi connectivity index (χ3v) is 6.18. The van der Waals surface area contributed by atoms with E-state index in [1.807, 2.05) is 11.0 Å². The molecule has 136 valence electrons. The number of carboxylic acids is 1. The molecule has 2 atom stereocenters. The monoisotopic (exact) mass is 345 g/mol. The van der Waals surface area contributed by atoms with Crippen LogP contribution in [0.2, 0.25) is 0 Å². The zero-order valence-corrected chi connectivity index (χ0v) is 14.8. The molecule has 5 heteroatoms. The first kappa shape index (κ1) is 16.7. The fraction of sp³-hybridized carbons (Fsp3) is 0.700. The fourth-order valence-electron chi connectivity index (χ4n) is 4.16. The summed E-state index contributed by atoms with van der Waals surface area (Å²) in [5.74, 6) is 2.41. The van der Waals surface area contributed by atoms with Gasteiger partial charge in [-0.1, -0.05) is 6.92 Å². The minimum absolute atomic E-state index is 0.0194. The largest absolute Gasteiger partial charge is 0.481 e. The highest BCUT2D eigenvalue weighted by Gasteiger charge is 2.39. The van der Waals surface area contributed by atoms with Gasteiger partial charge in [0.2, 0.25) is 5.91 Å². The van der Waals surface area contributed by atoms with Gasteiger partial charge in [0, 0.05) is 17.9 Å². The minimum Gasteiger partial charge on any atom is -0.481 e. The Morgan fingerprint density at radius 2 is 1.76 bits per heavy atom. The maximum absolute atomic E-state index is 13.0. The van der Waals surface area contributed by atoms with Gasteiger partial charge in [0.1, 0.15) is 11.5 Å². The predicted molar refractivity (Wildman–Crippen MR) is 91.9 cm³/mol. The Labute approximate surface area is 148 Å². The van der Waals surface area contributed by atoms with Gasteiger partial charge in [0.05, 0.1) is 12.5 Å². The average molecular weight is 345 g/mol. The molecule has 1 aromatic rings. The van der Waals surface area contributed by atoms with E-state index in [0.29, 0.717) is 50.1 Å². The van der Waals surface area contributed by atoms with Crippen LogP contribution in [0.5, 0.6) is 0 Å². The molecule has 0 bridgehead atoms. The van der Waals surface area contributed by atoms with E-state index in [2.05, 4.69) is 13.0 Å². The lowest BCUT2D eigenvalue weighted by Gasteiger charge is -2.30. The minimum atomic E-state index is -0.720. The number of nitrogens with zero attached hydrogens (tertiary/aromatic N) is 1. The van der Waals surface area contributed by atoms with Gasteiger partial charge in [-0.05, 0) is 63.0 Å². The summed E-state index contributed by atoms with van der Waals surface area (Å²) in [5.41, 5.74) is 0. The Balaban J connectivity index is 1.38. The van der Waals surface area contributed by atoms with Gasteiger partial charge in [0.15, 0.2) is 0 Å². The normalized spacial score (nSPS) is 31.6. The average Bonchev–Trinajstić information content (AvgIpc) is 3.53. The van der Waals surface area contributed by atoms with E-state index in [1.165, 1.54) is 6.42 Å². The van der Waals surface area contributed by atoms with Crippen molar-refractivity contribution < 1.29 is 19.1 Å². The van der Waals surface area contributed by atoms with E-state index in [-0.39, 0.29) is 17.7 Å². The Kier molecular flexibility index (Phi) is 4.34. The number of carboxylic acid groups (broad SMARTS) is 1. The van der Waals surface area contributed by atoms with E-state index in [1.54, 1.807) is 0 Å². The lowest BCUT2D eigenvalue weighted by atomic mass is 9.81. The van der Waals surface area contributed by atoms with Gasteiger partial charge < -0.3 is 14.4 Å². The van der Waals surface area contributed by atoms with Gasteiger partial charge in [0.25, 0.3) is 0 Å². The highest BCUT2D eigenvalue weighted by Crippen LogP contribution is 2.47. The third kappa shape index (κ3) is 3.60. The first-order valence-electron chi connectivity index (χ1n) is 9.65. The van der Waals surface area contributed by atoms with E-state index in [0.717, 1.165) is 24.4 Å². The first-order chi connectivity index (χ1) is 12.0. The number of furan rings is 1. The third-order valence-electron chi connectivity index (χ3n) is 6.18. The van der Waals surface area contributed by atoms with Crippen LogP contribution in [0.15, 0.2) is 16.5 Å². The molecule has 25 heavy (non-hydrogen) atoms. The molecule has 3 aliphatic carbocycles. The van der Waals surface area contributed by atoms with Crippen molar-refractivity contribution in [2.45, 2.75) is 70.4 Å². The van der Waals surface area contributed by atoms with Gasteiger partial charge in [-0.25, -0.2) is 0 Å². The lowest BCUT2D eigenvalue weighted by Crippen LogP contribution is -2.39. The second kappa shape index (κ2) is 6.50. The highest BCUT2D eigenvalue weighted by molar-refractivity contribution is 5.80. The standard InChI is InChI=1S/C20H27NO4/c1-12-10-17(12)18-9-8-16(25-18)11-21(15-6-7-15)19(22)13-2-4-14(5-3-13)20(23)24/h8-9,12-15,17H,2-7,10-11H2,1H3,(H,23,24)/t12-,13?,14?,17-/m0/s1. The summed E-state index contributed by atoms with van der Waals surface area (Å²) in [7, 11) is 0. The molecule has 1 amide bonds. The summed E-state index contributed by atoms with van der Waals surface area (Å²) in [6.07, 6.45) is 5.98. The molecule has 3 fully saturated rings. The fourth-order valence-corrected chi connectivity index (χ4v) is 4.16. The summed E-state index contributed by atoms with van der Waals surface area (Å²) in [5, 5.41) is 9.13. The van der Waals surface area contributed by atoms with E-state index < -0.39 is 5.97 Å². The predicted octanol–water partition coefficient (Wildman–Crippen LogP) is 3.79. The lowest BCUT2D eigenvalue weighted by molar-refractivity contribution is -0.146. The van der Waals surface area contributed by atoms with Gasteiger partial charge in [-0.2, -0.15) is 0 Å². The number of carbonyl (C=O) groups is 2. The van der Waals surface area contributed by atoms with Crippen LogP contribution in [0.4, 0.5) is 0 Å².